The Balaban J connectivity index is 2.27. The fourth-order valence-electron chi connectivity index (χ4n) is 1.98. The maximum atomic E-state index is 13.6. The van der Waals surface area contributed by atoms with E-state index in [4.69, 9.17) is 9.84 Å². The molecule has 0 aliphatic carbocycles. The van der Waals surface area contributed by atoms with Crippen LogP contribution in [0, 0.1) is 12.7 Å². The van der Waals surface area contributed by atoms with Crippen LogP contribution in [0.25, 0.3) is 0 Å². The first-order chi connectivity index (χ1) is 9.97. The number of hydrogen-bond acceptors (Lipinski definition) is 5. The minimum absolute atomic E-state index is 0.00926. The number of aryl methyl sites for hydroxylation is 1. The van der Waals surface area contributed by atoms with Gasteiger partial charge in [0.05, 0.1) is 25.9 Å². The number of methoxy groups -OCH3 is 1. The van der Waals surface area contributed by atoms with E-state index in [-0.39, 0.29) is 24.5 Å². The molecule has 0 atom stereocenters. The number of aliphatic hydroxyl groups is 1. The molecule has 0 bridgehead atoms. The lowest BCUT2D eigenvalue weighted by molar-refractivity contribution is -0.137. The van der Waals surface area contributed by atoms with E-state index in [9.17, 15) is 14.0 Å². The van der Waals surface area contributed by atoms with E-state index < -0.39 is 17.6 Å². The van der Waals surface area contributed by atoms with Gasteiger partial charge in [0.1, 0.15) is 17.3 Å². The number of benzene rings is 1. The number of nitrogens with one attached hydrogen (secondary N) is 1. The first kappa shape index (κ1) is 15.0. The molecule has 2 rings (SSSR count). The molecule has 1 heterocycles. The zero-order valence-corrected chi connectivity index (χ0v) is 11.6. The fraction of sp³-hybridized carbons (Fsp3) is 0.286. The van der Waals surface area contributed by atoms with Gasteiger partial charge < -0.3 is 15.2 Å². The Morgan fingerprint density at radius 3 is 2.71 bits per heavy atom. The van der Waals surface area contributed by atoms with Crippen molar-refractivity contribution in [1.82, 2.24) is 4.90 Å². The Hall–Kier alpha value is -2.41. The lowest BCUT2D eigenvalue weighted by Gasteiger charge is -2.15. The number of carbonyl (C=O) groups excluding carboxylic acids is 2. The van der Waals surface area contributed by atoms with Gasteiger partial charge in [0, 0.05) is 12.1 Å². The Morgan fingerprint density at radius 1 is 1.38 bits per heavy atom. The zero-order valence-electron chi connectivity index (χ0n) is 11.6. The summed E-state index contributed by atoms with van der Waals surface area (Å²) in [4.78, 5) is 24.5. The number of rotatable bonds is 5. The van der Waals surface area contributed by atoms with Crippen molar-refractivity contribution in [2.24, 2.45) is 0 Å². The van der Waals surface area contributed by atoms with Gasteiger partial charge in [0.25, 0.3) is 11.8 Å². The standard InChI is InChI=1S/C14H15FN2O4/c1-8-5-12(21-2)10(6-9(8)15)16-11-7-13(19)17(3-4-18)14(11)20/h5-7,16,18H,3-4H2,1-2H3. The Labute approximate surface area is 120 Å². The van der Waals surface area contributed by atoms with Gasteiger partial charge in [-0.15, -0.1) is 0 Å². The fourth-order valence-corrected chi connectivity index (χ4v) is 1.98. The van der Waals surface area contributed by atoms with Crippen LogP contribution in [0.5, 0.6) is 5.75 Å². The van der Waals surface area contributed by atoms with Crippen molar-refractivity contribution in [3.63, 3.8) is 0 Å². The van der Waals surface area contributed by atoms with Crippen LogP contribution in [0.1, 0.15) is 5.56 Å². The third-order valence-electron chi connectivity index (χ3n) is 3.08. The number of imide groups is 1. The average molecular weight is 294 g/mol. The normalized spacial score (nSPS) is 14.5. The van der Waals surface area contributed by atoms with E-state index in [2.05, 4.69) is 5.32 Å². The predicted octanol–water partition coefficient (Wildman–Crippen LogP) is 0.800. The summed E-state index contributed by atoms with van der Waals surface area (Å²) in [6.07, 6.45) is 1.11. The third kappa shape index (κ3) is 2.87. The molecule has 2 amide bonds. The highest BCUT2D eigenvalue weighted by Crippen LogP contribution is 2.29. The van der Waals surface area contributed by atoms with E-state index in [1.165, 1.54) is 19.2 Å². The molecular weight excluding hydrogens is 279 g/mol. The first-order valence-electron chi connectivity index (χ1n) is 6.27. The molecule has 2 N–H and O–H groups in total. The van der Waals surface area contributed by atoms with Gasteiger partial charge in [0.15, 0.2) is 0 Å². The molecule has 0 spiro atoms. The molecule has 1 aliphatic heterocycles. The van der Waals surface area contributed by atoms with Crippen molar-refractivity contribution in [3.8, 4) is 5.75 Å². The highest BCUT2D eigenvalue weighted by molar-refractivity contribution is 6.17. The number of β-amino-alcohol motifs (C(OH)–C–C–N with tert-alkyl or cyclic N) is 1. The topological polar surface area (TPSA) is 78.9 Å². The summed E-state index contributed by atoms with van der Waals surface area (Å²) in [7, 11) is 1.42. The first-order valence-corrected chi connectivity index (χ1v) is 6.27. The van der Waals surface area contributed by atoms with E-state index in [1.54, 1.807) is 6.92 Å². The maximum Gasteiger partial charge on any atom is 0.277 e. The second-order valence-corrected chi connectivity index (χ2v) is 4.50. The van der Waals surface area contributed by atoms with Gasteiger partial charge in [0.2, 0.25) is 0 Å². The second kappa shape index (κ2) is 5.92. The van der Waals surface area contributed by atoms with Crippen molar-refractivity contribution < 1.29 is 23.8 Å². The van der Waals surface area contributed by atoms with E-state index in [0.717, 1.165) is 11.0 Å². The molecule has 0 saturated carbocycles. The summed E-state index contributed by atoms with van der Waals surface area (Å²) >= 11 is 0. The number of amides is 2. The minimum atomic E-state index is -0.572. The van der Waals surface area contributed by atoms with Crippen LogP contribution >= 0.6 is 0 Å². The van der Waals surface area contributed by atoms with Crippen molar-refractivity contribution in [3.05, 3.63) is 35.3 Å². The Morgan fingerprint density at radius 2 is 2.10 bits per heavy atom. The summed E-state index contributed by atoms with van der Waals surface area (Å²) in [6.45, 7) is 1.19. The van der Waals surface area contributed by atoms with Gasteiger partial charge in [-0.1, -0.05) is 0 Å². The molecule has 0 unspecified atom stereocenters. The quantitative estimate of drug-likeness (QED) is 0.785. The van der Waals surface area contributed by atoms with Crippen LogP contribution < -0.4 is 10.1 Å². The maximum absolute atomic E-state index is 13.6. The van der Waals surface area contributed by atoms with Gasteiger partial charge >= 0.3 is 0 Å². The molecule has 1 aliphatic rings. The van der Waals surface area contributed by atoms with Gasteiger partial charge in [-0.25, -0.2) is 4.39 Å². The van der Waals surface area contributed by atoms with Crippen LogP contribution in [0.3, 0.4) is 0 Å². The molecule has 21 heavy (non-hydrogen) atoms. The molecule has 112 valence electrons. The van der Waals surface area contributed by atoms with Crippen LogP contribution in [-0.4, -0.2) is 42.1 Å². The zero-order chi connectivity index (χ0) is 15.6. The predicted molar refractivity (Wildman–Crippen MR) is 73.2 cm³/mol. The lowest BCUT2D eigenvalue weighted by atomic mass is 10.2. The van der Waals surface area contributed by atoms with Crippen LogP contribution in [0.15, 0.2) is 23.9 Å². The van der Waals surface area contributed by atoms with Crippen molar-refractivity contribution in [1.29, 1.82) is 0 Å². The summed E-state index contributed by atoms with van der Waals surface area (Å²) in [5, 5.41) is 11.5. The highest BCUT2D eigenvalue weighted by Gasteiger charge is 2.31. The second-order valence-electron chi connectivity index (χ2n) is 4.50. The Kier molecular flexibility index (Phi) is 4.23. The van der Waals surface area contributed by atoms with E-state index >= 15 is 0 Å². The molecule has 0 radical (unpaired) electrons. The largest absolute Gasteiger partial charge is 0.495 e. The third-order valence-corrected chi connectivity index (χ3v) is 3.08. The number of hydrogen-bond donors (Lipinski definition) is 2. The molecule has 0 aromatic heterocycles. The number of carbonyl (C=O) groups is 2. The highest BCUT2D eigenvalue weighted by atomic mass is 19.1. The summed E-state index contributed by atoms with van der Waals surface area (Å²) in [5.74, 6) is -1.20. The van der Waals surface area contributed by atoms with Crippen LogP contribution in [0.2, 0.25) is 0 Å². The molecule has 0 saturated heterocycles. The molecule has 1 aromatic carbocycles. The number of ether oxygens (including phenoxy) is 1. The van der Waals surface area contributed by atoms with Crippen molar-refractivity contribution in [2.75, 3.05) is 25.6 Å². The number of halogens is 1. The Bertz CT molecular complexity index is 628. The molecule has 0 fully saturated rings. The van der Waals surface area contributed by atoms with Gasteiger partial charge in [-0.3, -0.25) is 14.5 Å². The summed E-state index contributed by atoms with van der Waals surface area (Å²) < 4.78 is 18.8. The molecule has 7 heteroatoms. The SMILES string of the molecule is COc1cc(C)c(F)cc1NC1=CC(=O)N(CCO)C1=O. The molecule has 1 aromatic rings. The van der Waals surface area contributed by atoms with Crippen molar-refractivity contribution >= 4 is 17.5 Å². The average Bonchev–Trinajstić information content (AvgIpc) is 2.70. The molecular formula is C14H15FN2O4. The van der Waals surface area contributed by atoms with Gasteiger partial charge in [-0.05, 0) is 18.6 Å². The number of anilines is 1. The molecule has 6 nitrogen and oxygen atoms in total. The minimum Gasteiger partial charge on any atom is -0.495 e. The summed E-state index contributed by atoms with van der Waals surface area (Å²) in [6, 6.07) is 2.69. The number of aliphatic hydroxyl groups excluding tert-OH is 1. The summed E-state index contributed by atoms with van der Waals surface area (Å²) in [5.41, 5.74) is 0.663. The van der Waals surface area contributed by atoms with Crippen molar-refractivity contribution in [2.45, 2.75) is 6.92 Å². The smallest absolute Gasteiger partial charge is 0.277 e. The van der Waals surface area contributed by atoms with Crippen LogP contribution in [-0.2, 0) is 9.59 Å². The van der Waals surface area contributed by atoms with E-state index in [1.807, 2.05) is 0 Å². The van der Waals surface area contributed by atoms with E-state index in [0.29, 0.717) is 11.3 Å². The van der Waals surface area contributed by atoms with Gasteiger partial charge in [-0.2, -0.15) is 0 Å². The monoisotopic (exact) mass is 294 g/mol. The van der Waals surface area contributed by atoms with Crippen LogP contribution in [0.4, 0.5) is 10.1 Å². The lowest BCUT2D eigenvalue weighted by Crippen LogP contribution is -2.34. The number of nitrogens with zero attached hydrogens (tertiary/aromatic N) is 1.